The monoisotopic (exact) mass is 175 g/mol. The zero-order valence-electron chi connectivity index (χ0n) is 7.44. The van der Waals surface area contributed by atoms with Crippen LogP contribution in [0.5, 0.6) is 0 Å². The molecule has 13 heavy (non-hydrogen) atoms. The fraction of sp³-hybridized carbons (Fsp3) is 0.364. The third-order valence-corrected chi connectivity index (χ3v) is 2.62. The van der Waals surface area contributed by atoms with Gasteiger partial charge in [0.2, 0.25) is 0 Å². The molecular formula is C11H13NO. The van der Waals surface area contributed by atoms with Crippen molar-refractivity contribution in [1.82, 2.24) is 0 Å². The molecule has 2 unspecified atom stereocenters. The topological polar surface area (TPSA) is 43.1 Å². The molecule has 0 spiro atoms. The van der Waals surface area contributed by atoms with E-state index in [1.54, 1.807) is 0 Å². The molecule has 0 saturated heterocycles. The maximum Gasteiger partial charge on any atom is 0.166 e. The number of Topliss-reactive ketones (excluding diaryl/α,β-unsaturated/α-hetero) is 1. The molecule has 0 radical (unpaired) electrons. The van der Waals surface area contributed by atoms with E-state index in [4.69, 9.17) is 5.73 Å². The summed E-state index contributed by atoms with van der Waals surface area (Å²) in [5.41, 5.74) is 6.31. The van der Waals surface area contributed by atoms with E-state index < -0.39 is 0 Å². The second-order valence-corrected chi connectivity index (χ2v) is 3.57. The van der Waals surface area contributed by atoms with Crippen LogP contribution in [0.2, 0.25) is 0 Å². The molecule has 2 rings (SSSR count). The quantitative estimate of drug-likeness (QED) is 0.707. The normalized spacial score (nSPS) is 25.6. The molecule has 0 aliphatic heterocycles. The second-order valence-electron chi connectivity index (χ2n) is 3.57. The molecule has 2 nitrogen and oxygen atoms in total. The molecule has 2 atom stereocenters. The molecule has 1 fully saturated rings. The Labute approximate surface area is 77.8 Å². The predicted octanol–water partition coefficient (Wildman–Crippen LogP) is 1.46. The van der Waals surface area contributed by atoms with E-state index in [-0.39, 0.29) is 11.7 Å². The lowest BCUT2D eigenvalue weighted by Gasteiger charge is -1.97. The van der Waals surface area contributed by atoms with Crippen LogP contribution in [0.15, 0.2) is 30.3 Å². The van der Waals surface area contributed by atoms with Crippen molar-refractivity contribution < 1.29 is 4.79 Å². The summed E-state index contributed by atoms with van der Waals surface area (Å²) in [5, 5.41) is 0. The van der Waals surface area contributed by atoms with Gasteiger partial charge >= 0.3 is 0 Å². The summed E-state index contributed by atoms with van der Waals surface area (Å²) >= 11 is 0. The lowest BCUT2D eigenvalue weighted by molar-refractivity contribution is 0.0961. The summed E-state index contributed by atoms with van der Waals surface area (Å²) in [5.74, 6) is 0.899. The van der Waals surface area contributed by atoms with Gasteiger partial charge in [0.05, 0.1) is 0 Å². The fourth-order valence-electron chi connectivity index (χ4n) is 1.65. The lowest BCUT2D eigenvalue weighted by atomic mass is 10.1. The summed E-state index contributed by atoms with van der Waals surface area (Å²) in [4.78, 5) is 11.7. The third kappa shape index (κ3) is 1.63. The first-order valence-electron chi connectivity index (χ1n) is 4.62. The summed E-state index contributed by atoms with van der Waals surface area (Å²) < 4.78 is 0. The number of ketones is 1. The van der Waals surface area contributed by atoms with Crippen molar-refractivity contribution in [2.45, 2.75) is 6.42 Å². The fourth-order valence-corrected chi connectivity index (χ4v) is 1.65. The van der Waals surface area contributed by atoms with E-state index in [0.29, 0.717) is 12.5 Å². The molecule has 0 bridgehead atoms. The smallest absolute Gasteiger partial charge is 0.166 e. The number of hydrogen-bond donors (Lipinski definition) is 1. The van der Waals surface area contributed by atoms with Crippen molar-refractivity contribution >= 4 is 5.78 Å². The second kappa shape index (κ2) is 3.30. The van der Waals surface area contributed by atoms with Crippen LogP contribution < -0.4 is 5.73 Å². The van der Waals surface area contributed by atoms with Crippen LogP contribution in [0.25, 0.3) is 0 Å². The maximum absolute atomic E-state index is 11.7. The Bertz CT molecular complexity index is 307. The molecule has 2 N–H and O–H groups in total. The minimum Gasteiger partial charge on any atom is -0.330 e. The van der Waals surface area contributed by atoms with Crippen LogP contribution in [0, 0.1) is 11.8 Å². The van der Waals surface area contributed by atoms with E-state index in [1.165, 1.54) is 0 Å². The van der Waals surface area contributed by atoms with Crippen LogP contribution in [0.4, 0.5) is 0 Å². The average Bonchev–Trinajstić information content (AvgIpc) is 2.97. The maximum atomic E-state index is 11.7. The molecule has 1 aromatic rings. The number of hydrogen-bond acceptors (Lipinski definition) is 2. The number of carbonyl (C=O) groups excluding carboxylic acids is 1. The molecule has 1 aliphatic carbocycles. The Hall–Kier alpha value is -1.15. The Kier molecular flexibility index (Phi) is 2.15. The SMILES string of the molecule is NCC1CC1C(=O)c1ccccc1. The lowest BCUT2D eigenvalue weighted by Crippen LogP contribution is -2.08. The molecule has 0 heterocycles. The first-order valence-corrected chi connectivity index (χ1v) is 4.62. The first kappa shape index (κ1) is 8.45. The minimum atomic E-state index is 0.201. The van der Waals surface area contributed by atoms with E-state index in [0.717, 1.165) is 12.0 Å². The number of rotatable bonds is 3. The first-order chi connectivity index (χ1) is 6.33. The molecule has 1 aromatic carbocycles. The molecule has 68 valence electrons. The van der Waals surface area contributed by atoms with Gasteiger partial charge in [0.15, 0.2) is 5.78 Å². The van der Waals surface area contributed by atoms with E-state index in [2.05, 4.69) is 0 Å². The van der Waals surface area contributed by atoms with Crippen molar-refractivity contribution in [3.63, 3.8) is 0 Å². The third-order valence-electron chi connectivity index (χ3n) is 2.62. The zero-order valence-corrected chi connectivity index (χ0v) is 7.44. The molecule has 1 saturated carbocycles. The minimum absolute atomic E-state index is 0.201. The predicted molar refractivity (Wildman–Crippen MR) is 51.4 cm³/mol. The largest absolute Gasteiger partial charge is 0.330 e. The van der Waals surface area contributed by atoms with Crippen molar-refractivity contribution in [2.75, 3.05) is 6.54 Å². The van der Waals surface area contributed by atoms with Crippen LogP contribution in [-0.4, -0.2) is 12.3 Å². The van der Waals surface area contributed by atoms with Gasteiger partial charge in [-0.15, -0.1) is 0 Å². The van der Waals surface area contributed by atoms with Crippen LogP contribution >= 0.6 is 0 Å². The average molecular weight is 175 g/mol. The van der Waals surface area contributed by atoms with E-state index >= 15 is 0 Å². The van der Waals surface area contributed by atoms with Gasteiger partial charge in [-0.3, -0.25) is 4.79 Å². The summed E-state index contributed by atoms with van der Waals surface area (Å²) in [6, 6.07) is 9.45. The summed E-state index contributed by atoms with van der Waals surface area (Å²) in [6.45, 7) is 0.642. The van der Waals surface area contributed by atoms with E-state index in [9.17, 15) is 4.79 Å². The summed E-state index contributed by atoms with van der Waals surface area (Å²) in [7, 11) is 0. The highest BCUT2D eigenvalue weighted by molar-refractivity contribution is 5.99. The highest BCUT2D eigenvalue weighted by atomic mass is 16.1. The molecule has 0 aromatic heterocycles. The van der Waals surface area contributed by atoms with Gasteiger partial charge in [-0.05, 0) is 18.9 Å². The Morgan fingerprint density at radius 3 is 2.62 bits per heavy atom. The van der Waals surface area contributed by atoms with E-state index in [1.807, 2.05) is 30.3 Å². The Morgan fingerprint density at radius 1 is 1.38 bits per heavy atom. The van der Waals surface area contributed by atoms with Gasteiger partial charge < -0.3 is 5.73 Å². The van der Waals surface area contributed by atoms with Gasteiger partial charge in [-0.1, -0.05) is 30.3 Å². The van der Waals surface area contributed by atoms with Crippen molar-refractivity contribution in [2.24, 2.45) is 17.6 Å². The van der Waals surface area contributed by atoms with Crippen molar-refractivity contribution in [3.05, 3.63) is 35.9 Å². The van der Waals surface area contributed by atoms with Crippen LogP contribution in [-0.2, 0) is 0 Å². The standard InChI is InChI=1S/C11H13NO/c12-7-9-6-10(9)11(13)8-4-2-1-3-5-8/h1-5,9-10H,6-7,12H2. The number of benzene rings is 1. The molecular weight excluding hydrogens is 162 g/mol. The van der Waals surface area contributed by atoms with Crippen molar-refractivity contribution in [3.8, 4) is 0 Å². The van der Waals surface area contributed by atoms with Crippen LogP contribution in [0.3, 0.4) is 0 Å². The van der Waals surface area contributed by atoms with Crippen LogP contribution in [0.1, 0.15) is 16.8 Å². The molecule has 0 amide bonds. The highest BCUT2D eigenvalue weighted by Crippen LogP contribution is 2.39. The van der Waals surface area contributed by atoms with Gasteiger partial charge in [0.1, 0.15) is 0 Å². The molecule has 1 aliphatic rings. The van der Waals surface area contributed by atoms with Gasteiger partial charge in [-0.2, -0.15) is 0 Å². The number of nitrogens with two attached hydrogens (primary N) is 1. The van der Waals surface area contributed by atoms with Gasteiger partial charge in [0, 0.05) is 11.5 Å². The summed E-state index contributed by atoms with van der Waals surface area (Å²) in [6.07, 6.45) is 0.976. The molecule has 2 heteroatoms. The zero-order chi connectivity index (χ0) is 9.26. The van der Waals surface area contributed by atoms with Gasteiger partial charge in [0.25, 0.3) is 0 Å². The Morgan fingerprint density at radius 2 is 2.08 bits per heavy atom. The Balaban J connectivity index is 2.07. The number of carbonyl (C=O) groups is 1. The van der Waals surface area contributed by atoms with Crippen molar-refractivity contribution in [1.29, 1.82) is 0 Å². The highest BCUT2D eigenvalue weighted by Gasteiger charge is 2.41. The van der Waals surface area contributed by atoms with Gasteiger partial charge in [-0.25, -0.2) is 0 Å².